The number of aliphatic hydroxyl groups is 1. The highest BCUT2D eigenvalue weighted by atomic mass is 32.2. The van der Waals surface area contributed by atoms with Crippen LogP contribution in [0.15, 0.2) is 23.1 Å². The molecule has 0 atom stereocenters. The van der Waals surface area contributed by atoms with Crippen molar-refractivity contribution in [3.8, 4) is 11.5 Å². The average molecular weight is 339 g/mol. The van der Waals surface area contributed by atoms with Crippen molar-refractivity contribution in [2.45, 2.75) is 6.92 Å². The van der Waals surface area contributed by atoms with E-state index < -0.39 is 0 Å². The molecule has 22 heavy (non-hydrogen) atoms. The molecule has 0 saturated carbocycles. The number of rotatable bonds is 6. The molecule has 1 aromatic rings. The summed E-state index contributed by atoms with van der Waals surface area (Å²) in [4.78, 5) is 14.1. The van der Waals surface area contributed by atoms with Crippen LogP contribution in [0.2, 0.25) is 0 Å². The van der Waals surface area contributed by atoms with Crippen LogP contribution in [0.1, 0.15) is 12.5 Å². The summed E-state index contributed by atoms with van der Waals surface area (Å²) >= 11 is 6.38. The van der Waals surface area contributed by atoms with E-state index in [4.69, 9.17) is 26.8 Å². The summed E-state index contributed by atoms with van der Waals surface area (Å²) in [6.07, 6.45) is 1.76. The molecule has 0 aromatic heterocycles. The summed E-state index contributed by atoms with van der Waals surface area (Å²) in [6, 6.07) is 5.47. The molecule has 1 amide bonds. The largest absolute Gasteiger partial charge is 0.493 e. The normalized spacial score (nSPS) is 16.5. The second-order valence-electron chi connectivity index (χ2n) is 4.40. The summed E-state index contributed by atoms with van der Waals surface area (Å²) in [6.45, 7) is 2.56. The first-order chi connectivity index (χ1) is 10.6. The molecule has 0 bridgehead atoms. The molecule has 1 N–H and O–H groups in total. The fourth-order valence-corrected chi connectivity index (χ4v) is 3.30. The molecule has 7 heteroatoms. The van der Waals surface area contributed by atoms with Gasteiger partial charge in [0.15, 0.2) is 11.5 Å². The molecule has 1 aromatic carbocycles. The van der Waals surface area contributed by atoms with Gasteiger partial charge in [0.05, 0.1) is 31.8 Å². The van der Waals surface area contributed by atoms with Crippen LogP contribution in [0.4, 0.5) is 0 Å². The average Bonchev–Trinajstić information content (AvgIpc) is 2.77. The Bertz CT molecular complexity index is 616. The summed E-state index contributed by atoms with van der Waals surface area (Å²) in [5, 5.41) is 8.97. The van der Waals surface area contributed by atoms with Crippen molar-refractivity contribution in [3.05, 3.63) is 28.7 Å². The zero-order chi connectivity index (χ0) is 16.1. The Kier molecular flexibility index (Phi) is 5.82. The first-order valence-electron chi connectivity index (χ1n) is 6.77. The van der Waals surface area contributed by atoms with Crippen molar-refractivity contribution in [3.63, 3.8) is 0 Å². The summed E-state index contributed by atoms with van der Waals surface area (Å²) in [5.74, 6) is 1.09. The zero-order valence-corrected chi connectivity index (χ0v) is 14.0. The van der Waals surface area contributed by atoms with Gasteiger partial charge in [-0.05, 0) is 30.7 Å². The van der Waals surface area contributed by atoms with Crippen LogP contribution in [0.3, 0.4) is 0 Å². The van der Waals surface area contributed by atoms with E-state index in [0.717, 1.165) is 5.56 Å². The predicted molar refractivity (Wildman–Crippen MR) is 91.1 cm³/mol. The highest BCUT2D eigenvalue weighted by Crippen LogP contribution is 2.34. The molecule has 0 radical (unpaired) electrons. The van der Waals surface area contributed by atoms with Gasteiger partial charge in [0, 0.05) is 0 Å². The van der Waals surface area contributed by atoms with E-state index in [1.54, 1.807) is 13.2 Å². The van der Waals surface area contributed by atoms with Crippen LogP contribution in [0, 0.1) is 0 Å². The third kappa shape index (κ3) is 3.60. The number of aliphatic hydroxyl groups excluding tert-OH is 1. The van der Waals surface area contributed by atoms with Gasteiger partial charge >= 0.3 is 0 Å². The third-order valence-corrected chi connectivity index (χ3v) is 4.36. The van der Waals surface area contributed by atoms with Crippen molar-refractivity contribution in [2.24, 2.45) is 0 Å². The third-order valence-electron chi connectivity index (χ3n) is 2.98. The number of methoxy groups -OCH3 is 1. The highest BCUT2D eigenvalue weighted by Gasteiger charge is 2.31. The maximum Gasteiger partial charge on any atom is 0.266 e. The van der Waals surface area contributed by atoms with Crippen LogP contribution in [-0.2, 0) is 4.79 Å². The molecule has 1 aliphatic rings. The van der Waals surface area contributed by atoms with E-state index in [0.29, 0.717) is 27.3 Å². The Morgan fingerprint density at radius 3 is 2.82 bits per heavy atom. The second-order valence-corrected chi connectivity index (χ2v) is 6.08. The maximum atomic E-state index is 12.2. The first kappa shape index (κ1) is 16.8. The number of ether oxygens (including phenoxy) is 2. The molecule has 2 rings (SSSR count). The molecule has 1 aliphatic heterocycles. The number of β-amino-alcohol motifs (C(OH)–C–C–N with tert-alkyl or cyclic N) is 1. The zero-order valence-electron chi connectivity index (χ0n) is 12.4. The number of hydrogen-bond donors (Lipinski definition) is 1. The number of amides is 1. The topological polar surface area (TPSA) is 59.0 Å². The van der Waals surface area contributed by atoms with Crippen LogP contribution in [-0.4, -0.2) is 47.1 Å². The minimum absolute atomic E-state index is 0.114. The molecular formula is C15H17NO4S2. The standard InChI is InChI=1S/C15H17NO4S2/c1-3-20-11-5-4-10(8-12(11)19-2)9-13-14(18)16(6-7-17)15(21)22-13/h4-5,8-9,17H,3,6-7H2,1-2H3/b13-9-. The van der Waals surface area contributed by atoms with Gasteiger partial charge in [-0.2, -0.15) is 0 Å². The van der Waals surface area contributed by atoms with Gasteiger partial charge in [-0.1, -0.05) is 30.0 Å². The molecule has 1 saturated heterocycles. The summed E-state index contributed by atoms with van der Waals surface area (Å²) in [5.41, 5.74) is 0.824. The fourth-order valence-electron chi connectivity index (χ4n) is 1.99. The first-order valence-corrected chi connectivity index (χ1v) is 8.00. The van der Waals surface area contributed by atoms with E-state index >= 15 is 0 Å². The Hall–Kier alpha value is -1.57. The molecular weight excluding hydrogens is 322 g/mol. The van der Waals surface area contributed by atoms with Crippen molar-refractivity contribution in [2.75, 3.05) is 26.9 Å². The molecule has 118 valence electrons. The molecule has 1 heterocycles. The van der Waals surface area contributed by atoms with Gasteiger partial charge < -0.3 is 14.6 Å². The number of thiocarbonyl (C=S) groups is 1. The minimum Gasteiger partial charge on any atom is -0.493 e. The van der Waals surface area contributed by atoms with E-state index in [2.05, 4.69) is 0 Å². The molecule has 0 spiro atoms. The number of hydrogen-bond acceptors (Lipinski definition) is 6. The molecule has 0 aliphatic carbocycles. The Labute approximate surface area is 138 Å². The van der Waals surface area contributed by atoms with Crippen molar-refractivity contribution >= 4 is 40.3 Å². The second kappa shape index (κ2) is 7.62. The van der Waals surface area contributed by atoms with E-state index in [1.807, 2.05) is 25.1 Å². The fraction of sp³-hybridized carbons (Fsp3) is 0.333. The number of carbonyl (C=O) groups excluding carboxylic acids is 1. The summed E-state index contributed by atoms with van der Waals surface area (Å²) < 4.78 is 11.2. The van der Waals surface area contributed by atoms with E-state index in [1.165, 1.54) is 16.7 Å². The molecule has 5 nitrogen and oxygen atoms in total. The van der Waals surface area contributed by atoms with E-state index in [9.17, 15) is 4.79 Å². The van der Waals surface area contributed by atoms with Gasteiger partial charge in [0.1, 0.15) is 4.32 Å². The van der Waals surface area contributed by atoms with Crippen molar-refractivity contribution in [1.82, 2.24) is 4.90 Å². The lowest BCUT2D eigenvalue weighted by Gasteiger charge is -2.11. The SMILES string of the molecule is CCOc1ccc(/C=C2\SC(=S)N(CCO)C2=O)cc1OC. The lowest BCUT2D eigenvalue weighted by atomic mass is 10.2. The quantitative estimate of drug-likeness (QED) is 0.634. The number of thioether (sulfide) groups is 1. The van der Waals surface area contributed by atoms with Gasteiger partial charge in [-0.25, -0.2) is 0 Å². The lowest BCUT2D eigenvalue weighted by Crippen LogP contribution is -2.30. The molecule has 1 fully saturated rings. The van der Waals surface area contributed by atoms with Crippen molar-refractivity contribution < 1.29 is 19.4 Å². The monoisotopic (exact) mass is 339 g/mol. The minimum atomic E-state index is -0.183. The lowest BCUT2D eigenvalue weighted by molar-refractivity contribution is -0.122. The van der Waals surface area contributed by atoms with Gasteiger partial charge in [-0.3, -0.25) is 9.69 Å². The molecule has 0 unspecified atom stereocenters. The Balaban J connectivity index is 2.26. The van der Waals surface area contributed by atoms with Crippen LogP contribution < -0.4 is 9.47 Å². The van der Waals surface area contributed by atoms with E-state index in [-0.39, 0.29) is 19.1 Å². The smallest absolute Gasteiger partial charge is 0.266 e. The Morgan fingerprint density at radius 2 is 2.18 bits per heavy atom. The van der Waals surface area contributed by atoms with Crippen LogP contribution in [0.5, 0.6) is 11.5 Å². The predicted octanol–water partition coefficient (Wildman–Crippen LogP) is 2.29. The van der Waals surface area contributed by atoms with Crippen LogP contribution in [0.25, 0.3) is 6.08 Å². The van der Waals surface area contributed by atoms with Gasteiger partial charge in [-0.15, -0.1) is 0 Å². The number of carbonyl (C=O) groups is 1. The Morgan fingerprint density at radius 1 is 1.41 bits per heavy atom. The highest BCUT2D eigenvalue weighted by molar-refractivity contribution is 8.26. The van der Waals surface area contributed by atoms with Gasteiger partial charge in [0.25, 0.3) is 5.91 Å². The number of benzene rings is 1. The summed E-state index contributed by atoms with van der Waals surface area (Å²) in [7, 11) is 1.57. The van der Waals surface area contributed by atoms with Crippen molar-refractivity contribution in [1.29, 1.82) is 0 Å². The van der Waals surface area contributed by atoms with Gasteiger partial charge in [0.2, 0.25) is 0 Å². The maximum absolute atomic E-state index is 12.2. The van der Waals surface area contributed by atoms with Crippen LogP contribution >= 0.6 is 24.0 Å². The number of nitrogens with zero attached hydrogens (tertiary/aromatic N) is 1.